The van der Waals surface area contributed by atoms with E-state index in [4.69, 9.17) is 9.47 Å². The second kappa shape index (κ2) is 8.43. The number of nitrogens with one attached hydrogen (secondary N) is 2. The summed E-state index contributed by atoms with van der Waals surface area (Å²) < 4.78 is 10.3. The molecule has 0 aliphatic carbocycles. The molecule has 1 aromatic carbocycles. The van der Waals surface area contributed by atoms with Crippen LogP contribution in [0.5, 0.6) is 5.75 Å². The summed E-state index contributed by atoms with van der Waals surface area (Å²) in [6.07, 6.45) is -1.04. The van der Waals surface area contributed by atoms with Crippen LogP contribution in [0.2, 0.25) is 0 Å². The average Bonchev–Trinajstić information content (AvgIpc) is 3.02. The third-order valence-corrected chi connectivity index (χ3v) is 4.02. The Labute approximate surface area is 154 Å². The lowest BCUT2D eigenvalue weighted by Crippen LogP contribution is -2.30. The summed E-state index contributed by atoms with van der Waals surface area (Å²) in [5.41, 5.74) is 1.45. The monoisotopic (exact) mass is 377 g/mol. The average molecular weight is 377 g/mol. The zero-order chi connectivity index (χ0) is 19.3. The van der Waals surface area contributed by atoms with Crippen molar-refractivity contribution in [1.29, 1.82) is 0 Å². The molecule has 9 heteroatoms. The first-order chi connectivity index (χ1) is 12.3. The molecule has 2 amide bonds. The zero-order valence-corrected chi connectivity index (χ0v) is 15.6. The largest absolute Gasteiger partial charge is 0.495 e. The van der Waals surface area contributed by atoms with Crippen molar-refractivity contribution in [3.8, 4) is 5.75 Å². The number of carbonyl (C=O) groups is 3. The maximum absolute atomic E-state index is 12.3. The van der Waals surface area contributed by atoms with E-state index in [1.807, 2.05) is 13.0 Å². The topological polar surface area (TPSA) is 107 Å². The van der Waals surface area contributed by atoms with Crippen molar-refractivity contribution in [2.45, 2.75) is 26.9 Å². The molecule has 0 spiro atoms. The van der Waals surface area contributed by atoms with Crippen molar-refractivity contribution in [1.82, 2.24) is 4.98 Å². The van der Waals surface area contributed by atoms with E-state index in [0.29, 0.717) is 11.4 Å². The van der Waals surface area contributed by atoms with Crippen LogP contribution in [0.15, 0.2) is 23.6 Å². The third-order valence-electron chi connectivity index (χ3n) is 3.26. The number of amides is 2. The van der Waals surface area contributed by atoms with E-state index in [9.17, 15) is 14.4 Å². The number of aryl methyl sites for hydroxylation is 1. The van der Waals surface area contributed by atoms with Gasteiger partial charge >= 0.3 is 5.97 Å². The zero-order valence-electron chi connectivity index (χ0n) is 14.8. The maximum Gasteiger partial charge on any atom is 0.358 e. The van der Waals surface area contributed by atoms with E-state index in [-0.39, 0.29) is 16.7 Å². The number of hydrogen-bond acceptors (Lipinski definition) is 7. The van der Waals surface area contributed by atoms with Gasteiger partial charge in [0, 0.05) is 12.3 Å². The van der Waals surface area contributed by atoms with Gasteiger partial charge in [0.05, 0.1) is 12.8 Å². The smallest absolute Gasteiger partial charge is 0.358 e. The summed E-state index contributed by atoms with van der Waals surface area (Å²) in [6.45, 7) is 4.68. The van der Waals surface area contributed by atoms with Gasteiger partial charge < -0.3 is 20.1 Å². The number of benzene rings is 1. The highest BCUT2D eigenvalue weighted by molar-refractivity contribution is 7.14. The van der Waals surface area contributed by atoms with Crippen LogP contribution in [0.4, 0.5) is 10.8 Å². The van der Waals surface area contributed by atoms with Crippen LogP contribution < -0.4 is 15.4 Å². The van der Waals surface area contributed by atoms with Gasteiger partial charge in [-0.15, -0.1) is 11.3 Å². The Bertz CT molecular complexity index is 834. The van der Waals surface area contributed by atoms with E-state index < -0.39 is 18.0 Å². The van der Waals surface area contributed by atoms with Crippen LogP contribution in [-0.2, 0) is 14.3 Å². The number of rotatable bonds is 6. The Morgan fingerprint density at radius 2 is 1.96 bits per heavy atom. The van der Waals surface area contributed by atoms with Crippen molar-refractivity contribution < 1.29 is 23.9 Å². The number of esters is 1. The van der Waals surface area contributed by atoms with Crippen molar-refractivity contribution in [2.24, 2.45) is 0 Å². The third kappa shape index (κ3) is 5.03. The number of methoxy groups -OCH3 is 1. The molecule has 2 rings (SSSR count). The molecule has 26 heavy (non-hydrogen) atoms. The number of anilines is 2. The predicted molar refractivity (Wildman–Crippen MR) is 97.7 cm³/mol. The maximum atomic E-state index is 12.3. The molecule has 8 nitrogen and oxygen atoms in total. The van der Waals surface area contributed by atoms with E-state index in [0.717, 1.165) is 16.9 Å². The Balaban J connectivity index is 2.00. The molecule has 1 atom stereocenters. The molecule has 0 aliphatic heterocycles. The van der Waals surface area contributed by atoms with Gasteiger partial charge in [-0.05, 0) is 31.5 Å². The van der Waals surface area contributed by atoms with Gasteiger partial charge in [0.1, 0.15) is 5.75 Å². The summed E-state index contributed by atoms with van der Waals surface area (Å²) in [6, 6.07) is 5.35. The fraction of sp³-hybridized carbons (Fsp3) is 0.294. The van der Waals surface area contributed by atoms with E-state index in [1.54, 1.807) is 12.1 Å². The minimum Gasteiger partial charge on any atom is -0.495 e. The molecule has 2 aromatic rings. The van der Waals surface area contributed by atoms with E-state index >= 15 is 0 Å². The van der Waals surface area contributed by atoms with E-state index in [1.165, 1.54) is 26.3 Å². The van der Waals surface area contributed by atoms with Crippen LogP contribution in [0.25, 0.3) is 0 Å². The van der Waals surface area contributed by atoms with Gasteiger partial charge in [-0.25, -0.2) is 9.78 Å². The number of hydrogen-bond donors (Lipinski definition) is 2. The Hall–Kier alpha value is -2.94. The van der Waals surface area contributed by atoms with Crippen LogP contribution >= 0.6 is 11.3 Å². The van der Waals surface area contributed by atoms with Gasteiger partial charge in [-0.2, -0.15) is 0 Å². The molecule has 1 unspecified atom stereocenters. The molecule has 1 heterocycles. The second-order valence-corrected chi connectivity index (χ2v) is 6.32. The van der Waals surface area contributed by atoms with Crippen LogP contribution in [0, 0.1) is 6.92 Å². The number of thiazole rings is 1. The molecule has 138 valence electrons. The molecule has 0 saturated heterocycles. The Morgan fingerprint density at radius 1 is 1.23 bits per heavy atom. The molecular weight excluding hydrogens is 358 g/mol. The summed E-state index contributed by atoms with van der Waals surface area (Å²) in [5, 5.41) is 6.88. The van der Waals surface area contributed by atoms with Crippen molar-refractivity contribution in [2.75, 3.05) is 17.7 Å². The minimum atomic E-state index is -1.04. The molecule has 0 aliphatic rings. The first-order valence-electron chi connectivity index (χ1n) is 7.69. The lowest BCUT2D eigenvalue weighted by molar-refractivity contribution is -0.123. The lowest BCUT2D eigenvalue weighted by atomic mass is 10.2. The van der Waals surface area contributed by atoms with Crippen molar-refractivity contribution in [3.63, 3.8) is 0 Å². The quantitative estimate of drug-likeness (QED) is 0.750. The van der Waals surface area contributed by atoms with Crippen LogP contribution in [0.3, 0.4) is 0 Å². The summed E-state index contributed by atoms with van der Waals surface area (Å²) >= 11 is 1.09. The first-order valence-corrected chi connectivity index (χ1v) is 8.57. The van der Waals surface area contributed by atoms with Crippen molar-refractivity contribution >= 4 is 39.9 Å². The van der Waals surface area contributed by atoms with Gasteiger partial charge in [-0.3, -0.25) is 9.59 Å². The molecule has 0 radical (unpaired) electrons. The highest BCUT2D eigenvalue weighted by atomic mass is 32.1. The second-order valence-electron chi connectivity index (χ2n) is 5.46. The highest BCUT2D eigenvalue weighted by Gasteiger charge is 2.22. The normalized spacial score (nSPS) is 11.4. The molecule has 0 bridgehead atoms. The fourth-order valence-electron chi connectivity index (χ4n) is 2.00. The summed E-state index contributed by atoms with van der Waals surface area (Å²) in [7, 11) is 1.50. The standard InChI is InChI=1S/C17H19N3O5S/c1-9-5-6-14(24-4)12(7-9)19-15(22)10(2)25-16(23)13-8-26-17(20-13)18-11(3)21/h5-8,10H,1-4H3,(H,19,22)(H,18,20,21). The Morgan fingerprint density at radius 3 is 2.62 bits per heavy atom. The van der Waals surface area contributed by atoms with Crippen molar-refractivity contribution in [3.05, 3.63) is 34.8 Å². The van der Waals surface area contributed by atoms with Gasteiger partial charge in [0.15, 0.2) is 16.9 Å². The summed E-state index contributed by atoms with van der Waals surface area (Å²) in [4.78, 5) is 39.3. The number of nitrogens with zero attached hydrogens (tertiary/aromatic N) is 1. The van der Waals surface area contributed by atoms with Crippen LogP contribution in [0.1, 0.15) is 29.9 Å². The minimum absolute atomic E-state index is 0.0199. The fourth-order valence-corrected chi connectivity index (χ4v) is 2.73. The number of ether oxygens (including phenoxy) is 2. The lowest BCUT2D eigenvalue weighted by Gasteiger charge is -2.15. The highest BCUT2D eigenvalue weighted by Crippen LogP contribution is 2.25. The van der Waals surface area contributed by atoms with Gasteiger partial charge in [-0.1, -0.05) is 6.07 Å². The molecule has 0 saturated carbocycles. The SMILES string of the molecule is COc1ccc(C)cc1NC(=O)C(C)OC(=O)c1csc(NC(C)=O)n1. The number of carbonyl (C=O) groups excluding carboxylic acids is 3. The predicted octanol–water partition coefficient (Wildman–Crippen LogP) is 2.60. The van der Waals surface area contributed by atoms with E-state index in [2.05, 4.69) is 15.6 Å². The number of aromatic nitrogens is 1. The molecule has 0 fully saturated rings. The van der Waals surface area contributed by atoms with Gasteiger partial charge in [0.2, 0.25) is 5.91 Å². The molecule has 2 N–H and O–H groups in total. The Kier molecular flexibility index (Phi) is 6.29. The summed E-state index contributed by atoms with van der Waals surface area (Å²) in [5.74, 6) is -1.04. The molecule has 1 aromatic heterocycles. The van der Waals surface area contributed by atoms with Crippen LogP contribution in [-0.4, -0.2) is 36.0 Å². The van der Waals surface area contributed by atoms with Gasteiger partial charge in [0.25, 0.3) is 5.91 Å². The first kappa shape index (κ1) is 19.4. The molecular formula is C17H19N3O5S.